The summed E-state index contributed by atoms with van der Waals surface area (Å²) >= 11 is 1.58. The summed E-state index contributed by atoms with van der Waals surface area (Å²) < 4.78 is 0. The second kappa shape index (κ2) is 4.31. The molecule has 0 spiro atoms. The SMILES string of the molecule is Cc1cccc(Sc2cnc(N)cn2)c1. The summed E-state index contributed by atoms with van der Waals surface area (Å²) in [6.45, 7) is 2.07. The molecule has 1 heterocycles. The van der Waals surface area contributed by atoms with E-state index in [2.05, 4.69) is 35.1 Å². The highest BCUT2D eigenvalue weighted by atomic mass is 32.2. The molecular formula is C11H11N3S. The molecule has 0 saturated heterocycles. The van der Waals surface area contributed by atoms with Crippen molar-refractivity contribution in [3.8, 4) is 0 Å². The first-order valence-corrected chi connectivity index (χ1v) is 5.38. The number of hydrogen-bond donors (Lipinski definition) is 1. The number of anilines is 1. The molecule has 2 N–H and O–H groups in total. The zero-order valence-corrected chi connectivity index (χ0v) is 9.16. The Bertz CT molecular complexity index is 454. The van der Waals surface area contributed by atoms with Crippen molar-refractivity contribution < 1.29 is 0 Å². The van der Waals surface area contributed by atoms with E-state index in [0.29, 0.717) is 5.82 Å². The summed E-state index contributed by atoms with van der Waals surface area (Å²) in [4.78, 5) is 9.33. The molecule has 0 fully saturated rings. The molecule has 3 nitrogen and oxygen atoms in total. The summed E-state index contributed by atoms with van der Waals surface area (Å²) in [7, 11) is 0. The van der Waals surface area contributed by atoms with Crippen molar-refractivity contribution in [2.24, 2.45) is 0 Å². The van der Waals surface area contributed by atoms with Gasteiger partial charge in [0.1, 0.15) is 10.8 Å². The van der Waals surface area contributed by atoms with Crippen LogP contribution in [0.4, 0.5) is 5.82 Å². The number of rotatable bonds is 2. The van der Waals surface area contributed by atoms with Gasteiger partial charge in [-0.2, -0.15) is 0 Å². The predicted octanol–water partition coefficient (Wildman–Crippen LogP) is 2.52. The number of nitrogens with zero attached hydrogens (tertiary/aromatic N) is 2. The molecular weight excluding hydrogens is 206 g/mol. The molecule has 1 aromatic heterocycles. The molecule has 0 aliphatic heterocycles. The van der Waals surface area contributed by atoms with E-state index in [4.69, 9.17) is 5.73 Å². The highest BCUT2D eigenvalue weighted by Gasteiger charge is 1.99. The first-order chi connectivity index (χ1) is 7.24. The maximum absolute atomic E-state index is 5.46. The van der Waals surface area contributed by atoms with Crippen LogP contribution in [0.3, 0.4) is 0 Å². The smallest absolute Gasteiger partial charge is 0.141 e. The molecule has 2 aromatic rings. The maximum Gasteiger partial charge on any atom is 0.141 e. The van der Waals surface area contributed by atoms with Gasteiger partial charge in [0.05, 0.1) is 12.4 Å². The van der Waals surface area contributed by atoms with Crippen molar-refractivity contribution in [3.05, 3.63) is 42.2 Å². The molecule has 0 atom stereocenters. The fourth-order valence-electron chi connectivity index (χ4n) is 1.18. The fraction of sp³-hybridized carbons (Fsp3) is 0.0909. The Balaban J connectivity index is 2.18. The summed E-state index contributed by atoms with van der Waals surface area (Å²) in [5.74, 6) is 0.448. The molecule has 1 aromatic carbocycles. The van der Waals surface area contributed by atoms with Crippen LogP contribution in [0, 0.1) is 6.92 Å². The van der Waals surface area contributed by atoms with Crippen molar-refractivity contribution in [3.63, 3.8) is 0 Å². The predicted molar refractivity (Wildman–Crippen MR) is 61.7 cm³/mol. The average Bonchev–Trinajstić information content (AvgIpc) is 2.22. The molecule has 2 rings (SSSR count). The van der Waals surface area contributed by atoms with Crippen molar-refractivity contribution in [2.45, 2.75) is 16.8 Å². The Morgan fingerprint density at radius 1 is 1.20 bits per heavy atom. The van der Waals surface area contributed by atoms with Gasteiger partial charge in [-0.3, -0.25) is 0 Å². The van der Waals surface area contributed by atoms with Gasteiger partial charge in [-0.25, -0.2) is 9.97 Å². The Morgan fingerprint density at radius 3 is 2.73 bits per heavy atom. The van der Waals surface area contributed by atoms with Crippen LogP contribution in [0.2, 0.25) is 0 Å². The van der Waals surface area contributed by atoms with Gasteiger partial charge in [-0.15, -0.1) is 0 Å². The number of nitrogens with two attached hydrogens (primary N) is 1. The third-order valence-corrected chi connectivity index (χ3v) is 2.77. The van der Waals surface area contributed by atoms with Gasteiger partial charge >= 0.3 is 0 Å². The Labute approximate surface area is 92.8 Å². The van der Waals surface area contributed by atoms with Crippen molar-refractivity contribution >= 4 is 17.6 Å². The zero-order valence-electron chi connectivity index (χ0n) is 8.34. The van der Waals surface area contributed by atoms with E-state index >= 15 is 0 Å². The van der Waals surface area contributed by atoms with E-state index in [0.717, 1.165) is 9.92 Å². The Morgan fingerprint density at radius 2 is 2.07 bits per heavy atom. The van der Waals surface area contributed by atoms with Crippen LogP contribution in [-0.2, 0) is 0 Å². The second-order valence-corrected chi connectivity index (χ2v) is 4.29. The average molecular weight is 217 g/mol. The van der Waals surface area contributed by atoms with Gasteiger partial charge < -0.3 is 5.73 Å². The van der Waals surface area contributed by atoms with Gasteiger partial charge in [0.2, 0.25) is 0 Å². The molecule has 76 valence electrons. The number of hydrogen-bond acceptors (Lipinski definition) is 4. The van der Waals surface area contributed by atoms with E-state index in [1.54, 1.807) is 24.2 Å². The second-order valence-electron chi connectivity index (χ2n) is 3.20. The first-order valence-electron chi connectivity index (χ1n) is 4.56. The van der Waals surface area contributed by atoms with Gasteiger partial charge in [0, 0.05) is 4.90 Å². The minimum absolute atomic E-state index is 0.448. The summed E-state index contributed by atoms with van der Waals surface area (Å²) in [5.41, 5.74) is 6.70. The molecule has 0 radical (unpaired) electrons. The third kappa shape index (κ3) is 2.70. The molecule has 0 amide bonds. The van der Waals surface area contributed by atoms with Gasteiger partial charge in [-0.05, 0) is 19.1 Å². The number of benzene rings is 1. The third-order valence-electron chi connectivity index (χ3n) is 1.86. The van der Waals surface area contributed by atoms with Crippen LogP contribution in [0.25, 0.3) is 0 Å². The highest BCUT2D eigenvalue weighted by molar-refractivity contribution is 7.99. The molecule has 0 bridgehead atoms. The standard InChI is InChI=1S/C11H11N3S/c1-8-3-2-4-9(5-8)15-11-7-13-10(12)6-14-11/h2-7H,1H3,(H2,12,13). The van der Waals surface area contributed by atoms with Crippen LogP contribution in [0.1, 0.15) is 5.56 Å². The van der Waals surface area contributed by atoms with E-state index in [-0.39, 0.29) is 0 Å². The lowest BCUT2D eigenvalue weighted by atomic mass is 10.2. The van der Waals surface area contributed by atoms with Crippen LogP contribution < -0.4 is 5.73 Å². The minimum Gasteiger partial charge on any atom is -0.382 e. The van der Waals surface area contributed by atoms with Crippen molar-refractivity contribution in [1.29, 1.82) is 0 Å². The van der Waals surface area contributed by atoms with Crippen LogP contribution in [-0.4, -0.2) is 9.97 Å². The Kier molecular flexibility index (Phi) is 2.87. The van der Waals surface area contributed by atoms with Gasteiger partial charge in [0.25, 0.3) is 0 Å². The molecule has 0 aliphatic rings. The van der Waals surface area contributed by atoms with Crippen LogP contribution >= 0.6 is 11.8 Å². The van der Waals surface area contributed by atoms with Crippen molar-refractivity contribution in [1.82, 2.24) is 9.97 Å². The lowest BCUT2D eigenvalue weighted by molar-refractivity contribution is 1.06. The Hall–Kier alpha value is -1.55. The first kappa shape index (κ1) is 9.98. The monoisotopic (exact) mass is 217 g/mol. The van der Waals surface area contributed by atoms with E-state index in [1.165, 1.54) is 5.56 Å². The molecule has 4 heteroatoms. The quantitative estimate of drug-likeness (QED) is 0.839. The summed E-state index contributed by atoms with van der Waals surface area (Å²) in [5, 5.41) is 0.856. The van der Waals surface area contributed by atoms with E-state index in [1.807, 2.05) is 6.07 Å². The molecule has 0 unspecified atom stereocenters. The van der Waals surface area contributed by atoms with Gasteiger partial charge in [0.15, 0.2) is 0 Å². The normalized spacial score (nSPS) is 10.2. The van der Waals surface area contributed by atoms with E-state index < -0.39 is 0 Å². The van der Waals surface area contributed by atoms with Crippen molar-refractivity contribution in [2.75, 3.05) is 5.73 Å². The summed E-state index contributed by atoms with van der Waals surface area (Å²) in [6, 6.07) is 8.26. The lowest BCUT2D eigenvalue weighted by Crippen LogP contribution is -1.91. The largest absolute Gasteiger partial charge is 0.382 e. The minimum atomic E-state index is 0.448. The molecule has 0 saturated carbocycles. The van der Waals surface area contributed by atoms with Crippen LogP contribution in [0.15, 0.2) is 46.6 Å². The number of nitrogen functional groups attached to an aromatic ring is 1. The molecule has 15 heavy (non-hydrogen) atoms. The van der Waals surface area contributed by atoms with Crippen LogP contribution in [0.5, 0.6) is 0 Å². The zero-order chi connectivity index (χ0) is 10.7. The molecule has 0 aliphatic carbocycles. The van der Waals surface area contributed by atoms with Gasteiger partial charge in [-0.1, -0.05) is 29.5 Å². The topological polar surface area (TPSA) is 51.8 Å². The number of aromatic nitrogens is 2. The van der Waals surface area contributed by atoms with E-state index in [9.17, 15) is 0 Å². The maximum atomic E-state index is 5.46. The number of aryl methyl sites for hydroxylation is 1. The lowest BCUT2D eigenvalue weighted by Gasteiger charge is -2.01. The fourth-order valence-corrected chi connectivity index (χ4v) is 2.02. The summed E-state index contributed by atoms with van der Waals surface area (Å²) in [6.07, 6.45) is 3.25. The highest BCUT2D eigenvalue weighted by Crippen LogP contribution is 2.25.